The molecule has 0 aliphatic heterocycles. The third-order valence-corrected chi connectivity index (χ3v) is 3.41. The second-order valence-electron chi connectivity index (χ2n) is 5.33. The average Bonchev–Trinajstić information content (AvgIpc) is 2.57. The van der Waals surface area contributed by atoms with Gasteiger partial charge in [-0.1, -0.05) is 18.2 Å². The number of aliphatic imine (C=N–C) groups is 1. The van der Waals surface area contributed by atoms with E-state index in [9.17, 15) is 4.39 Å². The van der Waals surface area contributed by atoms with Crippen LogP contribution in [0.3, 0.4) is 0 Å². The molecule has 0 fully saturated rings. The molecule has 6 heteroatoms. The summed E-state index contributed by atoms with van der Waals surface area (Å²) in [6, 6.07) is 10.5. The van der Waals surface area contributed by atoms with Gasteiger partial charge < -0.3 is 10.2 Å². The van der Waals surface area contributed by atoms with Crippen LogP contribution in [-0.2, 0) is 13.0 Å². The van der Waals surface area contributed by atoms with E-state index < -0.39 is 0 Å². The van der Waals surface area contributed by atoms with E-state index in [0.717, 1.165) is 24.5 Å². The van der Waals surface area contributed by atoms with Crippen molar-refractivity contribution in [2.24, 2.45) is 4.99 Å². The van der Waals surface area contributed by atoms with Crippen LogP contribution in [-0.4, -0.2) is 36.0 Å². The van der Waals surface area contributed by atoms with Crippen LogP contribution in [0.5, 0.6) is 0 Å². The molecule has 0 saturated heterocycles. The molecule has 2 aromatic rings. The van der Waals surface area contributed by atoms with Gasteiger partial charge in [-0.3, -0.25) is 9.98 Å². The third kappa shape index (κ3) is 6.82. The Hall–Kier alpha value is -1.70. The lowest BCUT2D eigenvalue weighted by molar-refractivity contribution is 0.476. The van der Waals surface area contributed by atoms with E-state index in [0.29, 0.717) is 13.1 Å². The smallest absolute Gasteiger partial charge is 0.193 e. The van der Waals surface area contributed by atoms with Crippen molar-refractivity contribution in [2.75, 3.05) is 20.1 Å². The normalized spacial score (nSPS) is 10.9. The molecule has 1 aromatic carbocycles. The van der Waals surface area contributed by atoms with Crippen molar-refractivity contribution in [3.8, 4) is 0 Å². The van der Waals surface area contributed by atoms with Crippen LogP contribution in [0.1, 0.15) is 18.1 Å². The maximum Gasteiger partial charge on any atom is 0.193 e. The minimum atomic E-state index is -0.214. The average molecular weight is 442 g/mol. The van der Waals surface area contributed by atoms with E-state index in [1.54, 1.807) is 18.3 Å². The van der Waals surface area contributed by atoms with Crippen LogP contribution in [0.4, 0.5) is 4.39 Å². The van der Waals surface area contributed by atoms with E-state index in [4.69, 9.17) is 0 Å². The van der Waals surface area contributed by atoms with Crippen LogP contribution in [0.15, 0.2) is 53.8 Å². The van der Waals surface area contributed by atoms with Gasteiger partial charge in [-0.15, -0.1) is 24.0 Å². The highest BCUT2D eigenvalue weighted by Gasteiger charge is 2.06. The van der Waals surface area contributed by atoms with E-state index >= 15 is 0 Å². The van der Waals surface area contributed by atoms with E-state index in [2.05, 4.69) is 21.4 Å². The van der Waals surface area contributed by atoms with Crippen molar-refractivity contribution < 1.29 is 4.39 Å². The highest BCUT2D eigenvalue weighted by atomic mass is 127. The van der Waals surface area contributed by atoms with Crippen LogP contribution < -0.4 is 5.32 Å². The van der Waals surface area contributed by atoms with Gasteiger partial charge in [-0.2, -0.15) is 0 Å². The minimum absolute atomic E-state index is 0. The molecule has 4 nitrogen and oxygen atoms in total. The molecule has 0 spiro atoms. The molecule has 1 aromatic heterocycles. The van der Waals surface area contributed by atoms with Gasteiger partial charge in [-0.25, -0.2) is 4.39 Å². The summed E-state index contributed by atoms with van der Waals surface area (Å²) >= 11 is 0. The van der Waals surface area contributed by atoms with Gasteiger partial charge in [0, 0.05) is 39.1 Å². The van der Waals surface area contributed by atoms with E-state index in [1.165, 1.54) is 17.7 Å². The van der Waals surface area contributed by atoms with Gasteiger partial charge in [0.2, 0.25) is 0 Å². The fourth-order valence-corrected chi connectivity index (χ4v) is 2.25. The number of hydrogen-bond acceptors (Lipinski definition) is 2. The molecule has 130 valence electrons. The predicted molar refractivity (Wildman–Crippen MR) is 107 cm³/mol. The number of pyridine rings is 1. The highest BCUT2D eigenvalue weighted by Crippen LogP contribution is 2.06. The van der Waals surface area contributed by atoms with Crippen molar-refractivity contribution >= 4 is 29.9 Å². The Morgan fingerprint density at radius 1 is 1.21 bits per heavy atom. The number of hydrogen-bond donors (Lipinski definition) is 1. The molecule has 1 heterocycles. The zero-order chi connectivity index (χ0) is 16.5. The number of nitrogens with one attached hydrogen (secondary N) is 1. The largest absolute Gasteiger partial charge is 0.357 e. The number of halogens is 2. The molecule has 0 saturated carbocycles. The van der Waals surface area contributed by atoms with Gasteiger partial charge in [0.05, 0.1) is 0 Å². The molecule has 2 rings (SSSR count). The monoisotopic (exact) mass is 442 g/mol. The Morgan fingerprint density at radius 3 is 2.58 bits per heavy atom. The topological polar surface area (TPSA) is 40.5 Å². The second-order valence-corrected chi connectivity index (χ2v) is 5.33. The fourth-order valence-electron chi connectivity index (χ4n) is 2.25. The quantitative estimate of drug-likeness (QED) is 0.423. The standard InChI is InChI=1S/C18H23FN4.HI/c1-3-21-18(22-12-10-15-5-4-11-20-13-15)23(2)14-16-6-8-17(19)9-7-16;/h4-9,11,13H,3,10,12,14H2,1-2H3,(H,21,22);1H. The highest BCUT2D eigenvalue weighted by molar-refractivity contribution is 14.0. The summed E-state index contributed by atoms with van der Waals surface area (Å²) in [6.45, 7) is 4.22. The molecule has 0 radical (unpaired) electrons. The zero-order valence-corrected chi connectivity index (χ0v) is 16.4. The van der Waals surface area contributed by atoms with Gasteiger partial charge in [0.1, 0.15) is 5.82 Å². The first-order valence-corrected chi connectivity index (χ1v) is 7.82. The molecule has 0 amide bonds. The molecule has 0 atom stereocenters. The number of nitrogens with zero attached hydrogens (tertiary/aromatic N) is 3. The summed E-state index contributed by atoms with van der Waals surface area (Å²) in [5.74, 6) is 0.633. The van der Waals surface area contributed by atoms with Gasteiger partial charge in [-0.05, 0) is 42.7 Å². The third-order valence-electron chi connectivity index (χ3n) is 3.41. The van der Waals surface area contributed by atoms with Crippen molar-refractivity contribution in [3.63, 3.8) is 0 Å². The summed E-state index contributed by atoms with van der Waals surface area (Å²) in [4.78, 5) is 10.8. The molecule has 0 unspecified atom stereocenters. The molecular weight excluding hydrogens is 418 g/mol. The summed E-state index contributed by atoms with van der Waals surface area (Å²) in [7, 11) is 1.98. The van der Waals surface area contributed by atoms with Crippen molar-refractivity contribution in [2.45, 2.75) is 19.9 Å². The summed E-state index contributed by atoms with van der Waals surface area (Å²) in [6.07, 6.45) is 4.49. The Bertz CT molecular complexity index is 617. The van der Waals surface area contributed by atoms with Crippen molar-refractivity contribution in [1.82, 2.24) is 15.2 Å². The SMILES string of the molecule is CCNC(=NCCc1cccnc1)N(C)Cc1ccc(F)cc1.I. The Balaban J connectivity index is 0.00000288. The van der Waals surface area contributed by atoms with E-state index in [1.807, 2.05) is 31.1 Å². The van der Waals surface area contributed by atoms with Crippen LogP contribution in [0.25, 0.3) is 0 Å². The van der Waals surface area contributed by atoms with Crippen LogP contribution in [0.2, 0.25) is 0 Å². The van der Waals surface area contributed by atoms with Gasteiger partial charge in [0.15, 0.2) is 5.96 Å². The van der Waals surface area contributed by atoms with Gasteiger partial charge in [0.25, 0.3) is 0 Å². The lowest BCUT2D eigenvalue weighted by Crippen LogP contribution is -2.38. The Kier molecular flexibility index (Phi) is 9.29. The number of rotatable bonds is 6. The number of benzene rings is 1. The lowest BCUT2D eigenvalue weighted by atomic mass is 10.2. The summed E-state index contributed by atoms with van der Waals surface area (Å²) in [5.41, 5.74) is 2.22. The predicted octanol–water partition coefficient (Wildman–Crippen LogP) is 3.48. The van der Waals surface area contributed by atoms with Crippen molar-refractivity contribution in [3.05, 3.63) is 65.7 Å². The molecule has 24 heavy (non-hydrogen) atoms. The Morgan fingerprint density at radius 2 is 1.96 bits per heavy atom. The molecular formula is C18H24FIN4. The van der Waals surface area contributed by atoms with E-state index in [-0.39, 0.29) is 29.8 Å². The first-order chi connectivity index (χ1) is 11.2. The maximum atomic E-state index is 13.0. The zero-order valence-electron chi connectivity index (χ0n) is 14.1. The molecule has 0 aliphatic rings. The minimum Gasteiger partial charge on any atom is -0.357 e. The fraction of sp³-hybridized carbons (Fsp3) is 0.333. The first kappa shape index (κ1) is 20.3. The van der Waals surface area contributed by atoms with Crippen molar-refractivity contribution in [1.29, 1.82) is 0 Å². The molecule has 0 aliphatic carbocycles. The molecule has 1 N–H and O–H groups in total. The summed E-state index contributed by atoms with van der Waals surface area (Å²) in [5, 5.41) is 3.29. The van der Waals surface area contributed by atoms with Crippen LogP contribution >= 0.6 is 24.0 Å². The van der Waals surface area contributed by atoms with Gasteiger partial charge >= 0.3 is 0 Å². The molecule has 0 bridgehead atoms. The lowest BCUT2D eigenvalue weighted by Gasteiger charge is -2.22. The summed E-state index contributed by atoms with van der Waals surface area (Å²) < 4.78 is 13.0. The second kappa shape index (κ2) is 11.0. The van der Waals surface area contributed by atoms with Crippen LogP contribution in [0, 0.1) is 5.82 Å². The number of aromatic nitrogens is 1. The number of guanidine groups is 1. The first-order valence-electron chi connectivity index (χ1n) is 7.82. The Labute approximate surface area is 160 Å². The maximum absolute atomic E-state index is 13.0.